The fourth-order valence-corrected chi connectivity index (χ4v) is 2.15. The molecule has 1 heterocycles. The Labute approximate surface area is 113 Å². The van der Waals surface area contributed by atoms with E-state index in [1.807, 2.05) is 31.3 Å². The number of benzene rings is 1. The van der Waals surface area contributed by atoms with E-state index in [2.05, 4.69) is 15.2 Å². The summed E-state index contributed by atoms with van der Waals surface area (Å²) >= 11 is 5.99. The highest BCUT2D eigenvalue weighted by molar-refractivity contribution is 6.30. The molecule has 1 atom stereocenters. The molecule has 0 fully saturated rings. The molecule has 1 N–H and O–H groups in total. The Kier molecular flexibility index (Phi) is 4.44. The minimum atomic E-state index is -0.0274. The molecule has 98 valence electrons. The monoisotopic (exact) mass is 267 g/mol. The van der Waals surface area contributed by atoms with E-state index < -0.39 is 0 Å². The zero-order chi connectivity index (χ0) is 13.0. The number of hydrogen-bond donors (Lipinski definition) is 1. The third kappa shape index (κ3) is 3.15. The number of nitrogens with zero attached hydrogens (tertiary/aromatic N) is 2. The van der Waals surface area contributed by atoms with E-state index in [0.29, 0.717) is 6.54 Å². The number of halogens is 1. The Hall–Kier alpha value is -1.26. The molecule has 1 aromatic rings. The van der Waals surface area contributed by atoms with Crippen LogP contribution in [0.2, 0.25) is 5.02 Å². The van der Waals surface area contributed by atoms with Gasteiger partial charge in [0.05, 0.1) is 12.6 Å². The molecule has 0 aliphatic carbocycles. The van der Waals surface area contributed by atoms with Crippen molar-refractivity contribution in [3.8, 4) is 0 Å². The molecule has 0 saturated carbocycles. The molecule has 4 nitrogen and oxygen atoms in total. The second-order valence-corrected chi connectivity index (χ2v) is 4.72. The fourth-order valence-electron chi connectivity index (χ4n) is 1.95. The Morgan fingerprint density at radius 2 is 2.39 bits per heavy atom. The molecule has 0 amide bonds. The van der Waals surface area contributed by atoms with Gasteiger partial charge in [-0.25, -0.2) is 0 Å². The highest BCUT2D eigenvalue weighted by Crippen LogP contribution is 2.19. The normalized spacial score (nSPS) is 16.6. The average molecular weight is 268 g/mol. The summed E-state index contributed by atoms with van der Waals surface area (Å²) in [6.07, 6.45) is -0.0274. The van der Waals surface area contributed by atoms with Gasteiger partial charge in [-0.1, -0.05) is 23.7 Å². The van der Waals surface area contributed by atoms with Gasteiger partial charge in [-0.2, -0.15) is 0 Å². The van der Waals surface area contributed by atoms with E-state index in [-0.39, 0.29) is 6.10 Å². The molecule has 0 spiro atoms. The maximum absolute atomic E-state index is 5.99. The maximum Gasteiger partial charge on any atom is 0.193 e. The highest BCUT2D eigenvalue weighted by atomic mass is 35.5. The standard InChI is InChI=1S/C13H18ClN3O/c1-17-7-6-15-13(17)16-9-12(18-2)10-4-3-5-11(14)8-10/h3-5,8,12H,6-7,9H2,1-2H3,(H,15,16). The first-order valence-electron chi connectivity index (χ1n) is 5.98. The minimum absolute atomic E-state index is 0.0274. The quantitative estimate of drug-likeness (QED) is 0.906. The first-order chi connectivity index (χ1) is 8.70. The predicted octanol–water partition coefficient (Wildman–Crippen LogP) is 1.92. The van der Waals surface area contributed by atoms with Gasteiger partial charge < -0.3 is 15.0 Å². The number of rotatable bonds is 4. The lowest BCUT2D eigenvalue weighted by Gasteiger charge is -2.20. The van der Waals surface area contributed by atoms with Crippen molar-refractivity contribution in [2.45, 2.75) is 6.10 Å². The Morgan fingerprint density at radius 1 is 1.56 bits per heavy atom. The lowest BCUT2D eigenvalue weighted by atomic mass is 10.1. The number of ether oxygens (including phenoxy) is 1. The molecule has 0 aromatic heterocycles. The van der Waals surface area contributed by atoms with Crippen molar-refractivity contribution in [1.29, 1.82) is 0 Å². The van der Waals surface area contributed by atoms with Crippen LogP contribution in [0.25, 0.3) is 0 Å². The van der Waals surface area contributed by atoms with E-state index in [4.69, 9.17) is 16.3 Å². The van der Waals surface area contributed by atoms with Crippen LogP contribution in [0.5, 0.6) is 0 Å². The van der Waals surface area contributed by atoms with Crippen LogP contribution in [0, 0.1) is 0 Å². The minimum Gasteiger partial charge on any atom is -0.375 e. The number of guanidine groups is 1. The third-order valence-corrected chi connectivity index (χ3v) is 3.24. The summed E-state index contributed by atoms with van der Waals surface area (Å²) in [6.45, 7) is 2.50. The van der Waals surface area contributed by atoms with E-state index in [1.165, 1.54) is 0 Å². The van der Waals surface area contributed by atoms with Gasteiger partial charge in [-0.15, -0.1) is 0 Å². The van der Waals surface area contributed by atoms with Gasteiger partial charge >= 0.3 is 0 Å². The second-order valence-electron chi connectivity index (χ2n) is 4.29. The van der Waals surface area contributed by atoms with Crippen molar-refractivity contribution in [2.24, 2.45) is 4.99 Å². The van der Waals surface area contributed by atoms with Crippen molar-refractivity contribution in [3.63, 3.8) is 0 Å². The van der Waals surface area contributed by atoms with Gasteiger partial charge in [0.25, 0.3) is 0 Å². The maximum atomic E-state index is 5.99. The highest BCUT2D eigenvalue weighted by Gasteiger charge is 2.15. The van der Waals surface area contributed by atoms with Crippen LogP contribution >= 0.6 is 11.6 Å². The van der Waals surface area contributed by atoms with Gasteiger partial charge in [0.15, 0.2) is 5.96 Å². The SMILES string of the molecule is COC(CNC1=NCCN1C)c1cccc(Cl)c1. The summed E-state index contributed by atoms with van der Waals surface area (Å²) in [5.74, 6) is 0.930. The van der Waals surface area contributed by atoms with Crippen molar-refractivity contribution in [1.82, 2.24) is 10.2 Å². The summed E-state index contributed by atoms with van der Waals surface area (Å²) in [7, 11) is 3.73. The van der Waals surface area contributed by atoms with E-state index >= 15 is 0 Å². The predicted molar refractivity (Wildman–Crippen MR) is 74.1 cm³/mol. The zero-order valence-electron chi connectivity index (χ0n) is 10.7. The van der Waals surface area contributed by atoms with Crippen LogP contribution in [-0.2, 0) is 4.74 Å². The van der Waals surface area contributed by atoms with Gasteiger partial charge in [-0.05, 0) is 17.7 Å². The molecule has 1 aromatic carbocycles. The molecule has 1 aliphatic heterocycles. The van der Waals surface area contributed by atoms with E-state index in [9.17, 15) is 0 Å². The Morgan fingerprint density at radius 3 is 3.00 bits per heavy atom. The third-order valence-electron chi connectivity index (χ3n) is 3.01. The first kappa shape index (κ1) is 13.2. The van der Waals surface area contributed by atoms with Gasteiger partial charge in [0.2, 0.25) is 0 Å². The molecule has 0 saturated heterocycles. The number of methoxy groups -OCH3 is 1. The number of hydrogen-bond acceptors (Lipinski definition) is 4. The largest absolute Gasteiger partial charge is 0.375 e. The van der Waals surface area contributed by atoms with Crippen molar-refractivity contribution in [2.75, 3.05) is 33.8 Å². The van der Waals surface area contributed by atoms with Gasteiger partial charge in [0, 0.05) is 32.3 Å². The number of likely N-dealkylation sites (N-methyl/N-ethyl adjacent to an activating group) is 1. The second kappa shape index (κ2) is 6.07. The van der Waals surface area contributed by atoms with Gasteiger partial charge in [0.1, 0.15) is 0 Å². The van der Waals surface area contributed by atoms with Crippen LogP contribution in [-0.4, -0.2) is 44.7 Å². The fraction of sp³-hybridized carbons (Fsp3) is 0.462. The van der Waals surface area contributed by atoms with Crippen LogP contribution in [0.4, 0.5) is 0 Å². The smallest absolute Gasteiger partial charge is 0.193 e. The molecule has 1 aliphatic rings. The molecular formula is C13H18ClN3O. The zero-order valence-corrected chi connectivity index (χ0v) is 11.4. The van der Waals surface area contributed by atoms with Crippen molar-refractivity contribution < 1.29 is 4.74 Å². The Balaban J connectivity index is 1.97. The lowest BCUT2D eigenvalue weighted by Crippen LogP contribution is -2.38. The summed E-state index contributed by atoms with van der Waals surface area (Å²) in [6, 6.07) is 7.74. The molecule has 0 bridgehead atoms. The van der Waals surface area contributed by atoms with Gasteiger partial charge in [-0.3, -0.25) is 4.99 Å². The molecule has 0 radical (unpaired) electrons. The molecular weight excluding hydrogens is 250 g/mol. The topological polar surface area (TPSA) is 36.9 Å². The van der Waals surface area contributed by atoms with E-state index in [1.54, 1.807) is 7.11 Å². The molecule has 5 heteroatoms. The summed E-state index contributed by atoms with van der Waals surface area (Å²) in [4.78, 5) is 6.49. The summed E-state index contributed by atoms with van der Waals surface area (Å²) in [5.41, 5.74) is 1.07. The number of aliphatic imine (C=N–C) groups is 1. The Bertz CT molecular complexity index is 436. The van der Waals surface area contributed by atoms with Crippen molar-refractivity contribution >= 4 is 17.6 Å². The average Bonchev–Trinajstić information content (AvgIpc) is 2.76. The lowest BCUT2D eigenvalue weighted by molar-refractivity contribution is 0.106. The first-order valence-corrected chi connectivity index (χ1v) is 6.36. The molecule has 1 unspecified atom stereocenters. The van der Waals surface area contributed by atoms with Crippen molar-refractivity contribution in [3.05, 3.63) is 34.9 Å². The number of nitrogens with one attached hydrogen (secondary N) is 1. The summed E-state index contributed by atoms with van der Waals surface area (Å²) < 4.78 is 5.49. The van der Waals surface area contributed by atoms with Crippen LogP contribution in [0.3, 0.4) is 0 Å². The van der Waals surface area contributed by atoms with Crippen LogP contribution < -0.4 is 5.32 Å². The molecule has 2 rings (SSSR count). The molecule has 18 heavy (non-hydrogen) atoms. The summed E-state index contributed by atoms with van der Waals surface area (Å²) in [5, 5.41) is 4.03. The van der Waals surface area contributed by atoms with Crippen LogP contribution in [0.1, 0.15) is 11.7 Å². The van der Waals surface area contributed by atoms with Crippen LogP contribution in [0.15, 0.2) is 29.3 Å². The van der Waals surface area contributed by atoms with E-state index in [0.717, 1.165) is 29.6 Å².